The van der Waals surface area contributed by atoms with Crippen LogP contribution in [0.4, 0.5) is 0 Å². The Morgan fingerprint density at radius 2 is 1.87 bits per heavy atom. The molecular formula is C20H24N2O. The maximum atomic E-state index is 12.6. The molecule has 4 rings (SSSR count). The van der Waals surface area contributed by atoms with Gasteiger partial charge in [-0.2, -0.15) is 0 Å². The number of hydrogen-bond acceptors (Lipinski definition) is 2. The van der Waals surface area contributed by atoms with Gasteiger partial charge < -0.3 is 10.2 Å². The minimum absolute atomic E-state index is 0.313. The Labute approximate surface area is 137 Å². The van der Waals surface area contributed by atoms with E-state index in [1.807, 2.05) is 0 Å². The van der Waals surface area contributed by atoms with Gasteiger partial charge in [0.1, 0.15) is 0 Å². The third-order valence-corrected chi connectivity index (χ3v) is 5.32. The number of likely N-dealkylation sites (tertiary alicyclic amines) is 1. The highest BCUT2D eigenvalue weighted by Crippen LogP contribution is 2.21. The van der Waals surface area contributed by atoms with Gasteiger partial charge in [-0.3, -0.25) is 4.79 Å². The summed E-state index contributed by atoms with van der Waals surface area (Å²) >= 11 is 0. The number of rotatable bonds is 3. The molecular weight excluding hydrogens is 284 g/mol. The van der Waals surface area contributed by atoms with Gasteiger partial charge in [-0.15, -0.1) is 0 Å². The average molecular weight is 308 g/mol. The Morgan fingerprint density at radius 1 is 1.04 bits per heavy atom. The zero-order valence-corrected chi connectivity index (χ0v) is 13.5. The lowest BCUT2D eigenvalue weighted by Crippen LogP contribution is -2.39. The summed E-state index contributed by atoms with van der Waals surface area (Å²) in [5, 5.41) is 6.16. The number of nitrogens with one attached hydrogen (secondary N) is 1. The predicted octanol–water partition coefficient (Wildman–Crippen LogP) is 3.13. The number of nitrogens with zero attached hydrogens (tertiary/aromatic N) is 1. The SMILES string of the molecule is O=C(CCc1ccc2ccccc2c1)N1CCC2CCC(C1)N2. The van der Waals surface area contributed by atoms with E-state index in [2.05, 4.69) is 52.7 Å². The zero-order valence-electron chi connectivity index (χ0n) is 13.5. The lowest BCUT2D eigenvalue weighted by molar-refractivity contribution is -0.131. The van der Waals surface area contributed by atoms with Crippen molar-refractivity contribution in [1.29, 1.82) is 0 Å². The van der Waals surface area contributed by atoms with Crippen molar-refractivity contribution in [1.82, 2.24) is 10.2 Å². The van der Waals surface area contributed by atoms with E-state index in [4.69, 9.17) is 0 Å². The molecule has 2 fully saturated rings. The molecule has 3 nitrogen and oxygen atoms in total. The highest BCUT2D eigenvalue weighted by atomic mass is 16.2. The molecule has 2 atom stereocenters. The molecule has 0 aromatic heterocycles. The summed E-state index contributed by atoms with van der Waals surface area (Å²) in [5.74, 6) is 0.313. The van der Waals surface area contributed by atoms with Crippen molar-refractivity contribution in [3.8, 4) is 0 Å². The lowest BCUT2D eigenvalue weighted by atomic mass is 10.0. The topological polar surface area (TPSA) is 32.3 Å². The van der Waals surface area contributed by atoms with E-state index < -0.39 is 0 Å². The summed E-state index contributed by atoms with van der Waals surface area (Å²) in [6.07, 6.45) is 5.07. The number of fused-ring (bicyclic) bond motifs is 3. The second kappa shape index (κ2) is 6.32. The standard InChI is InChI=1S/C20H24N2O/c23-20(22-12-11-18-8-9-19(14-22)21-18)10-6-15-5-7-16-3-1-2-4-17(16)13-15/h1-5,7,13,18-19,21H,6,8-12,14H2. The number of hydrogen-bond donors (Lipinski definition) is 1. The Bertz CT molecular complexity index is 712. The maximum absolute atomic E-state index is 12.6. The van der Waals surface area contributed by atoms with Crippen LogP contribution in [-0.2, 0) is 11.2 Å². The molecule has 2 saturated heterocycles. The molecule has 1 N–H and O–H groups in total. The molecule has 2 aliphatic rings. The number of amides is 1. The number of benzene rings is 2. The van der Waals surface area contributed by atoms with Crippen LogP contribution in [0.3, 0.4) is 0 Å². The van der Waals surface area contributed by atoms with E-state index in [-0.39, 0.29) is 0 Å². The van der Waals surface area contributed by atoms with Gasteiger partial charge in [0, 0.05) is 31.6 Å². The smallest absolute Gasteiger partial charge is 0.222 e. The van der Waals surface area contributed by atoms with Gasteiger partial charge in [0.25, 0.3) is 0 Å². The fraction of sp³-hybridized carbons (Fsp3) is 0.450. The molecule has 2 heterocycles. The largest absolute Gasteiger partial charge is 0.341 e. The minimum atomic E-state index is 0.313. The second-order valence-electron chi connectivity index (χ2n) is 6.95. The van der Waals surface area contributed by atoms with E-state index in [9.17, 15) is 4.79 Å². The molecule has 0 aliphatic carbocycles. The highest BCUT2D eigenvalue weighted by molar-refractivity contribution is 5.83. The maximum Gasteiger partial charge on any atom is 0.222 e. The highest BCUT2D eigenvalue weighted by Gasteiger charge is 2.30. The van der Waals surface area contributed by atoms with Crippen LogP contribution in [0.1, 0.15) is 31.2 Å². The van der Waals surface area contributed by atoms with Gasteiger partial charge in [0.15, 0.2) is 0 Å². The first kappa shape index (κ1) is 14.7. The molecule has 0 radical (unpaired) electrons. The average Bonchev–Trinajstić information content (AvgIpc) is 2.91. The van der Waals surface area contributed by atoms with Crippen molar-refractivity contribution < 1.29 is 4.79 Å². The molecule has 2 bridgehead atoms. The molecule has 2 aliphatic heterocycles. The van der Waals surface area contributed by atoms with E-state index in [0.29, 0.717) is 24.4 Å². The van der Waals surface area contributed by atoms with Gasteiger partial charge in [-0.05, 0) is 42.0 Å². The van der Waals surface area contributed by atoms with Crippen molar-refractivity contribution in [2.75, 3.05) is 13.1 Å². The van der Waals surface area contributed by atoms with Crippen LogP contribution in [0.5, 0.6) is 0 Å². The first-order valence-electron chi connectivity index (χ1n) is 8.79. The molecule has 2 aromatic carbocycles. The van der Waals surface area contributed by atoms with E-state index in [1.54, 1.807) is 0 Å². The molecule has 2 unspecified atom stereocenters. The van der Waals surface area contributed by atoms with Gasteiger partial charge in [0.2, 0.25) is 5.91 Å². The molecule has 1 amide bonds. The predicted molar refractivity (Wildman–Crippen MR) is 93.4 cm³/mol. The monoisotopic (exact) mass is 308 g/mol. The van der Waals surface area contributed by atoms with Crippen LogP contribution in [0.25, 0.3) is 10.8 Å². The molecule has 23 heavy (non-hydrogen) atoms. The second-order valence-corrected chi connectivity index (χ2v) is 6.95. The quantitative estimate of drug-likeness (QED) is 0.945. The van der Waals surface area contributed by atoms with E-state index >= 15 is 0 Å². The Kier molecular flexibility index (Phi) is 4.04. The summed E-state index contributed by atoms with van der Waals surface area (Å²) < 4.78 is 0. The number of aryl methyl sites for hydroxylation is 1. The molecule has 120 valence electrons. The van der Waals surface area contributed by atoms with Gasteiger partial charge in [-0.25, -0.2) is 0 Å². The van der Waals surface area contributed by atoms with Gasteiger partial charge in [0.05, 0.1) is 0 Å². The van der Waals surface area contributed by atoms with Crippen LogP contribution in [0, 0.1) is 0 Å². The summed E-state index contributed by atoms with van der Waals surface area (Å²) in [5.41, 5.74) is 1.26. The normalized spacial score (nSPS) is 23.9. The number of carbonyl (C=O) groups is 1. The van der Waals surface area contributed by atoms with Crippen LogP contribution in [-0.4, -0.2) is 36.0 Å². The molecule has 0 saturated carbocycles. The van der Waals surface area contributed by atoms with Crippen molar-refractivity contribution >= 4 is 16.7 Å². The van der Waals surface area contributed by atoms with Crippen molar-refractivity contribution in [3.63, 3.8) is 0 Å². The third-order valence-electron chi connectivity index (χ3n) is 5.32. The van der Waals surface area contributed by atoms with Crippen LogP contribution in [0.2, 0.25) is 0 Å². The van der Waals surface area contributed by atoms with Crippen LogP contribution >= 0.6 is 0 Å². The Balaban J connectivity index is 1.38. The summed E-state index contributed by atoms with van der Waals surface area (Å²) in [6, 6.07) is 16.1. The van der Waals surface area contributed by atoms with Crippen molar-refractivity contribution in [3.05, 3.63) is 48.0 Å². The fourth-order valence-electron chi connectivity index (χ4n) is 3.97. The molecule has 2 aromatic rings. The first-order valence-corrected chi connectivity index (χ1v) is 8.79. The lowest BCUT2D eigenvalue weighted by Gasteiger charge is -2.24. The first-order chi connectivity index (χ1) is 11.3. The summed E-state index contributed by atoms with van der Waals surface area (Å²) in [7, 11) is 0. The Morgan fingerprint density at radius 3 is 2.78 bits per heavy atom. The van der Waals surface area contributed by atoms with Gasteiger partial charge in [-0.1, -0.05) is 42.5 Å². The Hall–Kier alpha value is -1.87. The minimum Gasteiger partial charge on any atom is -0.341 e. The molecule has 0 spiro atoms. The number of carbonyl (C=O) groups excluding carboxylic acids is 1. The molecule has 3 heteroatoms. The van der Waals surface area contributed by atoms with Crippen LogP contribution in [0.15, 0.2) is 42.5 Å². The summed E-state index contributed by atoms with van der Waals surface area (Å²) in [6.45, 7) is 1.82. The summed E-state index contributed by atoms with van der Waals surface area (Å²) in [4.78, 5) is 14.6. The van der Waals surface area contributed by atoms with Gasteiger partial charge >= 0.3 is 0 Å². The fourth-order valence-corrected chi connectivity index (χ4v) is 3.97. The van der Waals surface area contributed by atoms with E-state index in [1.165, 1.54) is 29.2 Å². The van der Waals surface area contributed by atoms with E-state index in [0.717, 1.165) is 25.9 Å². The van der Waals surface area contributed by atoms with Crippen LogP contribution < -0.4 is 5.32 Å². The van der Waals surface area contributed by atoms with Crippen molar-refractivity contribution in [2.24, 2.45) is 0 Å². The zero-order chi connectivity index (χ0) is 15.6. The van der Waals surface area contributed by atoms with Crippen molar-refractivity contribution in [2.45, 2.75) is 44.2 Å². The third kappa shape index (κ3) is 3.25.